The van der Waals surface area contributed by atoms with Gasteiger partial charge in [0.2, 0.25) is 0 Å². The van der Waals surface area contributed by atoms with Crippen LogP contribution in [0.2, 0.25) is 0 Å². The van der Waals surface area contributed by atoms with Crippen molar-refractivity contribution >= 4 is 34.7 Å². The molecule has 2 aromatic rings. The van der Waals surface area contributed by atoms with Gasteiger partial charge in [-0.05, 0) is 24.3 Å². The summed E-state index contributed by atoms with van der Waals surface area (Å²) in [5.74, 6) is -0.705. The number of hydrogen-bond acceptors (Lipinski definition) is 3. The topological polar surface area (TPSA) is 63.4 Å². The summed E-state index contributed by atoms with van der Waals surface area (Å²) < 4.78 is 0. The van der Waals surface area contributed by atoms with Crippen molar-refractivity contribution in [2.45, 2.75) is 0 Å². The molecule has 98 valence electrons. The third-order valence-electron chi connectivity index (χ3n) is 3.20. The van der Waals surface area contributed by atoms with Gasteiger partial charge >= 0.3 is 0 Å². The number of rotatable bonds is 2. The number of para-hydroxylation sites is 1. The Kier molecular flexibility index (Phi) is 2.84. The van der Waals surface area contributed by atoms with Crippen LogP contribution in [0, 0.1) is 0 Å². The van der Waals surface area contributed by atoms with E-state index in [2.05, 4.69) is 0 Å². The van der Waals surface area contributed by atoms with Crippen molar-refractivity contribution in [1.29, 1.82) is 0 Å². The van der Waals surface area contributed by atoms with Gasteiger partial charge in [-0.25, -0.2) is 4.90 Å². The highest BCUT2D eigenvalue weighted by Crippen LogP contribution is 2.30. The number of benzene rings is 2. The lowest BCUT2D eigenvalue weighted by molar-refractivity contribution is 0.0926. The number of nitrogens with zero attached hydrogens (tertiary/aromatic N) is 1. The highest BCUT2D eigenvalue weighted by atomic mass is 32.1. The van der Waals surface area contributed by atoms with Gasteiger partial charge in [0.15, 0.2) is 0 Å². The van der Waals surface area contributed by atoms with Gasteiger partial charge in [-0.15, -0.1) is 0 Å². The fourth-order valence-electron chi connectivity index (χ4n) is 2.29. The number of imide groups is 1. The summed E-state index contributed by atoms with van der Waals surface area (Å²) in [6.07, 6.45) is 0. The molecule has 0 fully saturated rings. The maximum Gasteiger partial charge on any atom is 0.266 e. The fourth-order valence-corrected chi connectivity index (χ4v) is 2.46. The summed E-state index contributed by atoms with van der Waals surface area (Å²) in [5, 5.41) is 0. The Labute approximate surface area is 120 Å². The molecular weight excluding hydrogens is 272 g/mol. The van der Waals surface area contributed by atoms with Crippen LogP contribution in [0.25, 0.3) is 0 Å². The molecular formula is C15H10N2O2S. The maximum atomic E-state index is 12.4. The lowest BCUT2D eigenvalue weighted by atomic mass is 10.1. The van der Waals surface area contributed by atoms with Gasteiger partial charge in [-0.2, -0.15) is 0 Å². The van der Waals surface area contributed by atoms with Crippen LogP contribution < -0.4 is 10.6 Å². The van der Waals surface area contributed by atoms with Crippen molar-refractivity contribution in [2.75, 3.05) is 4.90 Å². The molecule has 0 unspecified atom stereocenters. The first-order valence-electron chi connectivity index (χ1n) is 5.98. The zero-order valence-electron chi connectivity index (χ0n) is 10.4. The largest absolute Gasteiger partial charge is 0.389 e. The number of amides is 2. The Morgan fingerprint density at radius 2 is 1.40 bits per heavy atom. The maximum absolute atomic E-state index is 12.4. The van der Waals surface area contributed by atoms with E-state index in [1.807, 2.05) is 0 Å². The molecule has 5 heteroatoms. The number of anilines is 1. The number of fused-ring (bicyclic) bond motifs is 1. The van der Waals surface area contributed by atoms with Crippen LogP contribution >= 0.6 is 12.2 Å². The number of carbonyl (C=O) groups is 2. The van der Waals surface area contributed by atoms with Gasteiger partial charge in [-0.3, -0.25) is 9.59 Å². The van der Waals surface area contributed by atoms with Crippen molar-refractivity contribution in [1.82, 2.24) is 0 Å². The van der Waals surface area contributed by atoms with E-state index >= 15 is 0 Å². The first-order valence-corrected chi connectivity index (χ1v) is 6.38. The molecule has 4 nitrogen and oxygen atoms in total. The van der Waals surface area contributed by atoms with Crippen LogP contribution in [-0.2, 0) is 0 Å². The molecule has 20 heavy (non-hydrogen) atoms. The van der Waals surface area contributed by atoms with E-state index in [1.54, 1.807) is 48.5 Å². The first kappa shape index (κ1) is 12.5. The van der Waals surface area contributed by atoms with Gasteiger partial charge in [0.05, 0.1) is 16.8 Å². The van der Waals surface area contributed by atoms with Crippen molar-refractivity contribution < 1.29 is 9.59 Å². The van der Waals surface area contributed by atoms with Gasteiger partial charge in [0.1, 0.15) is 4.99 Å². The van der Waals surface area contributed by atoms with Crippen LogP contribution in [0.5, 0.6) is 0 Å². The van der Waals surface area contributed by atoms with Gasteiger partial charge in [0.25, 0.3) is 11.8 Å². The Morgan fingerprint density at radius 1 is 0.900 bits per heavy atom. The van der Waals surface area contributed by atoms with E-state index in [-0.39, 0.29) is 16.8 Å². The Morgan fingerprint density at radius 3 is 1.95 bits per heavy atom. The molecule has 2 amide bonds. The lowest BCUT2D eigenvalue weighted by Crippen LogP contribution is -2.31. The van der Waals surface area contributed by atoms with E-state index in [0.717, 1.165) is 4.90 Å². The minimum atomic E-state index is -0.352. The first-order chi connectivity index (χ1) is 9.61. The molecule has 0 spiro atoms. The van der Waals surface area contributed by atoms with Crippen LogP contribution in [0.4, 0.5) is 5.69 Å². The zero-order chi connectivity index (χ0) is 14.3. The highest BCUT2D eigenvalue weighted by molar-refractivity contribution is 7.80. The SMILES string of the molecule is NC(=S)c1ccccc1N1C(=O)c2ccccc2C1=O. The molecule has 0 saturated heterocycles. The number of thiocarbonyl (C=S) groups is 1. The number of nitrogens with two attached hydrogens (primary N) is 1. The molecule has 1 heterocycles. The second kappa shape index (κ2) is 4.54. The van der Waals surface area contributed by atoms with Crippen molar-refractivity contribution in [2.24, 2.45) is 5.73 Å². The smallest absolute Gasteiger partial charge is 0.266 e. The quantitative estimate of drug-likeness (QED) is 0.677. The van der Waals surface area contributed by atoms with Gasteiger partial charge < -0.3 is 5.73 Å². The van der Waals surface area contributed by atoms with Crippen molar-refractivity contribution in [3.63, 3.8) is 0 Å². The van der Waals surface area contributed by atoms with E-state index in [0.29, 0.717) is 22.4 Å². The highest BCUT2D eigenvalue weighted by Gasteiger charge is 2.37. The average Bonchev–Trinajstić information content (AvgIpc) is 2.71. The van der Waals surface area contributed by atoms with Gasteiger partial charge in [0, 0.05) is 5.56 Å². The molecule has 2 aromatic carbocycles. The van der Waals surface area contributed by atoms with Crippen LogP contribution in [0.1, 0.15) is 26.3 Å². The summed E-state index contributed by atoms with van der Waals surface area (Å²) in [6.45, 7) is 0. The molecule has 1 aliphatic rings. The van der Waals surface area contributed by atoms with Crippen LogP contribution in [0.3, 0.4) is 0 Å². The van der Waals surface area contributed by atoms with E-state index in [1.165, 1.54) is 0 Å². The molecule has 0 atom stereocenters. The fraction of sp³-hybridized carbons (Fsp3) is 0. The third kappa shape index (κ3) is 1.71. The predicted molar refractivity (Wildman–Crippen MR) is 79.9 cm³/mol. The molecule has 1 aliphatic heterocycles. The Bertz CT molecular complexity index is 720. The standard InChI is InChI=1S/C15H10N2O2S/c16-13(20)11-7-3-4-8-12(11)17-14(18)9-5-1-2-6-10(9)15(17)19/h1-8H,(H2,16,20). The lowest BCUT2D eigenvalue weighted by Gasteiger charge is -2.17. The minimum absolute atomic E-state index is 0.150. The predicted octanol–water partition coefficient (Wildman–Crippen LogP) is 2.12. The number of carbonyl (C=O) groups excluding carboxylic acids is 2. The third-order valence-corrected chi connectivity index (χ3v) is 3.42. The van der Waals surface area contributed by atoms with E-state index in [4.69, 9.17) is 18.0 Å². The molecule has 2 N–H and O–H groups in total. The Hall–Kier alpha value is -2.53. The van der Waals surface area contributed by atoms with E-state index < -0.39 is 0 Å². The van der Waals surface area contributed by atoms with Crippen molar-refractivity contribution in [3.8, 4) is 0 Å². The molecule has 3 rings (SSSR count). The van der Waals surface area contributed by atoms with Crippen LogP contribution in [0.15, 0.2) is 48.5 Å². The molecule has 0 radical (unpaired) electrons. The average molecular weight is 282 g/mol. The summed E-state index contributed by atoms with van der Waals surface area (Å²) in [7, 11) is 0. The normalized spacial score (nSPS) is 13.5. The summed E-state index contributed by atoms with van der Waals surface area (Å²) in [4.78, 5) is 26.1. The molecule has 0 saturated carbocycles. The van der Waals surface area contributed by atoms with Crippen molar-refractivity contribution in [3.05, 3.63) is 65.2 Å². The zero-order valence-corrected chi connectivity index (χ0v) is 11.2. The summed E-state index contributed by atoms with van der Waals surface area (Å²) >= 11 is 4.98. The summed E-state index contributed by atoms with van der Waals surface area (Å²) in [6, 6.07) is 13.6. The second-order valence-electron chi connectivity index (χ2n) is 4.37. The van der Waals surface area contributed by atoms with Crippen LogP contribution in [-0.4, -0.2) is 16.8 Å². The molecule has 0 aromatic heterocycles. The summed E-state index contributed by atoms with van der Waals surface area (Å²) in [5.41, 5.74) is 7.39. The van der Waals surface area contributed by atoms with Gasteiger partial charge in [-0.1, -0.05) is 36.5 Å². The van der Waals surface area contributed by atoms with E-state index in [9.17, 15) is 9.59 Å². The second-order valence-corrected chi connectivity index (χ2v) is 4.81. The minimum Gasteiger partial charge on any atom is -0.389 e. The molecule has 0 aliphatic carbocycles. The monoisotopic (exact) mass is 282 g/mol. The molecule has 0 bridgehead atoms. The Balaban J connectivity index is 2.17. The number of hydrogen-bond donors (Lipinski definition) is 1.